The molecule has 0 bridgehead atoms. The molecule has 0 radical (unpaired) electrons. The van der Waals surface area contributed by atoms with E-state index in [1.165, 1.54) is 19.2 Å². The molecule has 0 unspecified atom stereocenters. The highest BCUT2D eigenvalue weighted by atomic mass is 19.1. The van der Waals surface area contributed by atoms with E-state index < -0.39 is 0 Å². The Kier molecular flexibility index (Phi) is 9.67. The highest BCUT2D eigenvalue weighted by molar-refractivity contribution is 6.06. The zero-order valence-corrected chi connectivity index (χ0v) is 24.5. The maximum Gasteiger partial charge on any atom is 0.317 e. The lowest BCUT2D eigenvalue weighted by molar-refractivity contribution is 0.0950. The van der Waals surface area contributed by atoms with E-state index in [1.54, 1.807) is 53.4 Å². The van der Waals surface area contributed by atoms with Crippen LogP contribution in [0.5, 0.6) is 5.75 Å². The first kappa shape index (κ1) is 30.4. The molecule has 42 heavy (non-hydrogen) atoms. The minimum atomic E-state index is -0.349. The van der Waals surface area contributed by atoms with Crippen molar-refractivity contribution in [3.63, 3.8) is 0 Å². The number of ether oxygens (including phenoxy) is 1. The van der Waals surface area contributed by atoms with Gasteiger partial charge in [0.2, 0.25) is 0 Å². The fraction of sp³-hybridized carbons (Fsp3) is 0.344. The third kappa shape index (κ3) is 8.22. The fourth-order valence-electron chi connectivity index (χ4n) is 4.68. The van der Waals surface area contributed by atoms with Crippen LogP contribution in [0.15, 0.2) is 66.7 Å². The van der Waals surface area contributed by atoms with Crippen molar-refractivity contribution in [2.45, 2.75) is 39.3 Å². The number of urea groups is 1. The largest absolute Gasteiger partial charge is 0.497 e. The molecule has 1 heterocycles. The van der Waals surface area contributed by atoms with E-state index >= 15 is 0 Å². The number of methoxy groups -OCH3 is 1. The Morgan fingerprint density at radius 1 is 0.905 bits per heavy atom. The van der Waals surface area contributed by atoms with Gasteiger partial charge < -0.3 is 30.5 Å². The average Bonchev–Trinajstić information content (AvgIpc) is 3.22. The first-order valence-electron chi connectivity index (χ1n) is 14.0. The number of carbonyl (C=O) groups excluding carboxylic acids is 3. The van der Waals surface area contributed by atoms with Crippen LogP contribution in [0.3, 0.4) is 0 Å². The lowest BCUT2D eigenvalue weighted by atomic mass is 10.1. The molecule has 0 spiro atoms. The van der Waals surface area contributed by atoms with Gasteiger partial charge in [0.05, 0.1) is 12.7 Å². The van der Waals surface area contributed by atoms with Gasteiger partial charge in [-0.15, -0.1) is 0 Å². The second kappa shape index (κ2) is 13.4. The van der Waals surface area contributed by atoms with Crippen molar-refractivity contribution >= 4 is 29.2 Å². The van der Waals surface area contributed by atoms with Gasteiger partial charge in [0.1, 0.15) is 11.6 Å². The van der Waals surface area contributed by atoms with Gasteiger partial charge >= 0.3 is 6.03 Å². The smallest absolute Gasteiger partial charge is 0.317 e. The summed E-state index contributed by atoms with van der Waals surface area (Å²) in [6.07, 6.45) is 0.725. The molecule has 3 aromatic carbocycles. The highest BCUT2D eigenvalue weighted by Gasteiger charge is 2.25. The van der Waals surface area contributed by atoms with E-state index in [2.05, 4.69) is 20.9 Å². The number of nitrogens with zero attached hydrogens (tertiary/aromatic N) is 2. The molecule has 0 atom stereocenters. The van der Waals surface area contributed by atoms with Crippen molar-refractivity contribution in [2.24, 2.45) is 0 Å². The van der Waals surface area contributed by atoms with E-state index in [0.29, 0.717) is 54.4 Å². The van der Waals surface area contributed by atoms with E-state index in [1.807, 2.05) is 26.8 Å². The van der Waals surface area contributed by atoms with Crippen molar-refractivity contribution in [3.05, 3.63) is 89.2 Å². The van der Waals surface area contributed by atoms with Gasteiger partial charge in [-0.2, -0.15) is 0 Å². The molecule has 1 saturated heterocycles. The van der Waals surface area contributed by atoms with E-state index in [4.69, 9.17) is 4.74 Å². The lowest BCUT2D eigenvalue weighted by Gasteiger charge is -2.28. The normalized spacial score (nSPS) is 13.6. The molecular weight excluding hydrogens is 537 g/mol. The number of hydrogen-bond acceptors (Lipinski definition) is 5. The summed E-state index contributed by atoms with van der Waals surface area (Å²) in [5.41, 5.74) is 2.37. The van der Waals surface area contributed by atoms with Crippen LogP contribution in [0.25, 0.3) is 0 Å². The maximum atomic E-state index is 13.5. The zero-order valence-electron chi connectivity index (χ0n) is 24.5. The summed E-state index contributed by atoms with van der Waals surface area (Å²) >= 11 is 0. The predicted octanol–water partition coefficient (Wildman–Crippen LogP) is 5.04. The van der Waals surface area contributed by atoms with Crippen molar-refractivity contribution in [1.82, 2.24) is 15.5 Å². The lowest BCUT2D eigenvalue weighted by Crippen LogP contribution is -2.49. The summed E-state index contributed by atoms with van der Waals surface area (Å²) in [4.78, 5) is 43.2. The Balaban J connectivity index is 1.56. The predicted molar refractivity (Wildman–Crippen MR) is 162 cm³/mol. The van der Waals surface area contributed by atoms with Gasteiger partial charge in [-0.05, 0) is 81.3 Å². The summed E-state index contributed by atoms with van der Waals surface area (Å²) in [5.74, 6) is -0.462. The summed E-state index contributed by atoms with van der Waals surface area (Å²) in [6, 6.07) is 17.9. The zero-order chi connectivity index (χ0) is 30.3. The van der Waals surface area contributed by atoms with Crippen LogP contribution in [0, 0.1) is 5.82 Å². The summed E-state index contributed by atoms with van der Waals surface area (Å²) in [6.45, 7) is 8.31. The molecule has 1 fully saturated rings. The van der Waals surface area contributed by atoms with Gasteiger partial charge in [-0.25, -0.2) is 9.18 Å². The highest BCUT2D eigenvalue weighted by Crippen LogP contribution is 2.27. The van der Waals surface area contributed by atoms with Gasteiger partial charge in [0.15, 0.2) is 0 Å². The molecule has 0 aromatic heterocycles. The first-order valence-corrected chi connectivity index (χ1v) is 14.0. The molecule has 3 aromatic rings. The molecule has 1 aliphatic rings. The Bertz CT molecular complexity index is 1420. The van der Waals surface area contributed by atoms with Crippen molar-refractivity contribution < 1.29 is 23.5 Å². The van der Waals surface area contributed by atoms with Gasteiger partial charge in [0.25, 0.3) is 11.8 Å². The number of hydrogen-bond donors (Lipinski definition) is 3. The topological polar surface area (TPSA) is 103 Å². The molecule has 0 saturated carbocycles. The summed E-state index contributed by atoms with van der Waals surface area (Å²) in [5, 5.41) is 8.81. The Morgan fingerprint density at radius 3 is 2.38 bits per heavy atom. The molecule has 4 amide bonds. The van der Waals surface area contributed by atoms with E-state index in [-0.39, 0.29) is 35.7 Å². The van der Waals surface area contributed by atoms with E-state index in [9.17, 15) is 18.8 Å². The molecule has 0 aliphatic carbocycles. The molecule has 4 rings (SSSR count). The third-order valence-corrected chi connectivity index (χ3v) is 6.80. The summed E-state index contributed by atoms with van der Waals surface area (Å²) in [7, 11) is 1.53. The van der Waals surface area contributed by atoms with Crippen LogP contribution in [0.4, 0.5) is 20.6 Å². The van der Waals surface area contributed by atoms with Crippen LogP contribution >= 0.6 is 0 Å². The first-order chi connectivity index (χ1) is 20.0. The minimum Gasteiger partial charge on any atom is -0.497 e. The SMILES string of the molecule is COc1cccc(C(=O)Nc2ccc(N3CCCN(C(=O)NC(C)(C)C)CC3)c(C(=O)NCc3ccc(F)cc3)c2)c1. The van der Waals surface area contributed by atoms with Crippen molar-refractivity contribution in [2.75, 3.05) is 43.5 Å². The number of rotatable bonds is 7. The molecule has 222 valence electrons. The van der Waals surface area contributed by atoms with Gasteiger partial charge in [0, 0.05) is 55.2 Å². The average molecular weight is 576 g/mol. The minimum absolute atomic E-state index is 0.114. The number of carbonyl (C=O) groups is 3. The third-order valence-electron chi connectivity index (χ3n) is 6.80. The Labute approximate surface area is 246 Å². The second-order valence-corrected chi connectivity index (χ2v) is 11.2. The number of anilines is 2. The Hall–Kier alpha value is -4.60. The molecule has 9 nitrogen and oxygen atoms in total. The molecule has 10 heteroatoms. The maximum absolute atomic E-state index is 13.5. The fourth-order valence-corrected chi connectivity index (χ4v) is 4.68. The van der Waals surface area contributed by atoms with Crippen LogP contribution in [-0.4, -0.2) is 61.6 Å². The molecule has 1 aliphatic heterocycles. The van der Waals surface area contributed by atoms with Crippen molar-refractivity contribution in [1.29, 1.82) is 0 Å². The van der Waals surface area contributed by atoms with E-state index in [0.717, 1.165) is 12.0 Å². The number of benzene rings is 3. The number of halogens is 1. The quantitative estimate of drug-likeness (QED) is 0.367. The van der Waals surface area contributed by atoms with Crippen LogP contribution < -0.4 is 25.6 Å². The molecule has 3 N–H and O–H groups in total. The van der Waals surface area contributed by atoms with Crippen LogP contribution in [0.1, 0.15) is 53.5 Å². The Morgan fingerprint density at radius 2 is 1.67 bits per heavy atom. The second-order valence-electron chi connectivity index (χ2n) is 11.2. The van der Waals surface area contributed by atoms with Crippen molar-refractivity contribution in [3.8, 4) is 5.75 Å². The number of nitrogens with one attached hydrogen (secondary N) is 3. The van der Waals surface area contributed by atoms with Gasteiger partial charge in [-0.1, -0.05) is 18.2 Å². The monoisotopic (exact) mass is 575 g/mol. The van der Waals surface area contributed by atoms with Gasteiger partial charge in [-0.3, -0.25) is 9.59 Å². The molecular formula is C32H38FN5O4. The summed E-state index contributed by atoms with van der Waals surface area (Å²) < 4.78 is 18.6. The standard InChI is InChI=1S/C32H38FN5O4/c1-32(2,3)36-31(41)38-16-6-15-37(17-18-38)28-14-13-25(35-29(39)23-7-5-8-26(19-23)42-4)20-27(28)30(40)34-21-22-9-11-24(33)12-10-22/h5,7-14,19-20H,6,15-18,21H2,1-4H3,(H,34,40)(H,35,39)(H,36,41). The van der Waals surface area contributed by atoms with Crippen LogP contribution in [-0.2, 0) is 6.54 Å². The van der Waals surface area contributed by atoms with Crippen LogP contribution in [0.2, 0.25) is 0 Å². The number of amides is 4.